The van der Waals surface area contributed by atoms with Crippen LogP contribution in [-0.2, 0) is 0 Å². The van der Waals surface area contributed by atoms with E-state index >= 15 is 0 Å². The third-order valence-corrected chi connectivity index (χ3v) is 5.23. The van der Waals surface area contributed by atoms with Crippen LogP contribution in [0.5, 0.6) is 0 Å². The molecule has 128 valence electrons. The van der Waals surface area contributed by atoms with Gasteiger partial charge in [-0.1, -0.05) is 12.1 Å². The Morgan fingerprint density at radius 2 is 2.00 bits per heavy atom. The number of hydrogen-bond acceptors (Lipinski definition) is 4. The highest BCUT2D eigenvalue weighted by atomic mass is 32.1. The van der Waals surface area contributed by atoms with Crippen molar-refractivity contribution in [3.63, 3.8) is 0 Å². The van der Waals surface area contributed by atoms with Crippen LogP contribution in [0, 0.1) is 0 Å². The molecule has 3 aromatic rings. The van der Waals surface area contributed by atoms with Crippen LogP contribution < -0.4 is 16.0 Å². The Hall–Kier alpha value is -2.60. The van der Waals surface area contributed by atoms with Crippen LogP contribution in [0.1, 0.15) is 31.4 Å². The third kappa shape index (κ3) is 3.74. The molecule has 3 N–H and O–H groups in total. The Kier molecular flexibility index (Phi) is 4.28. The minimum atomic E-state index is -0.127. The van der Waals surface area contributed by atoms with Gasteiger partial charge in [0, 0.05) is 24.0 Å². The lowest BCUT2D eigenvalue weighted by Gasteiger charge is -2.17. The zero-order chi connectivity index (χ0) is 17.2. The Morgan fingerprint density at radius 1 is 1.20 bits per heavy atom. The van der Waals surface area contributed by atoms with Crippen molar-refractivity contribution in [3.05, 3.63) is 53.5 Å². The van der Waals surface area contributed by atoms with Gasteiger partial charge in [0.25, 0.3) is 0 Å². The molecule has 0 saturated heterocycles. The maximum atomic E-state index is 11.8. The van der Waals surface area contributed by atoms with E-state index in [-0.39, 0.29) is 12.1 Å². The summed E-state index contributed by atoms with van der Waals surface area (Å²) >= 11 is 1.69. The van der Waals surface area contributed by atoms with Gasteiger partial charge in [0.2, 0.25) is 0 Å². The van der Waals surface area contributed by atoms with E-state index in [0.717, 1.165) is 35.3 Å². The van der Waals surface area contributed by atoms with Gasteiger partial charge in [0.1, 0.15) is 0 Å². The summed E-state index contributed by atoms with van der Waals surface area (Å²) in [6.07, 6.45) is 4.00. The number of aromatic nitrogens is 1. The minimum Gasteiger partial charge on any atom is -0.377 e. The molecule has 1 aliphatic rings. The second kappa shape index (κ2) is 6.72. The van der Waals surface area contributed by atoms with Crippen LogP contribution in [0.15, 0.2) is 48.0 Å². The van der Waals surface area contributed by atoms with Crippen LogP contribution in [0.4, 0.5) is 16.2 Å². The van der Waals surface area contributed by atoms with Gasteiger partial charge < -0.3 is 16.0 Å². The molecule has 0 bridgehead atoms. The quantitative estimate of drug-likeness (QED) is 0.620. The van der Waals surface area contributed by atoms with E-state index in [1.165, 1.54) is 4.70 Å². The molecule has 0 spiro atoms. The number of carbonyl (C=O) groups excluding carboxylic acids is 1. The molecule has 2 heterocycles. The molecule has 0 aliphatic heterocycles. The largest absolute Gasteiger partial charge is 0.377 e. The molecule has 1 saturated carbocycles. The zero-order valence-electron chi connectivity index (χ0n) is 14.0. The first-order valence-corrected chi connectivity index (χ1v) is 9.33. The predicted octanol–water partition coefficient (Wildman–Crippen LogP) is 4.75. The second-order valence-corrected chi connectivity index (χ2v) is 7.27. The van der Waals surface area contributed by atoms with E-state index in [2.05, 4.69) is 33.2 Å². The fraction of sp³-hybridized carbons (Fsp3) is 0.263. The molecule has 2 amide bonds. The van der Waals surface area contributed by atoms with Gasteiger partial charge in [-0.25, -0.2) is 4.79 Å². The number of benzene rings is 1. The number of hydrogen-bond donors (Lipinski definition) is 3. The van der Waals surface area contributed by atoms with Gasteiger partial charge in [-0.15, -0.1) is 11.3 Å². The topological polar surface area (TPSA) is 66.0 Å². The minimum absolute atomic E-state index is 0.127. The summed E-state index contributed by atoms with van der Waals surface area (Å²) in [6, 6.07) is 12.4. The fourth-order valence-corrected chi connectivity index (χ4v) is 3.57. The molecule has 5 nitrogen and oxygen atoms in total. The molecule has 0 radical (unpaired) electrons. The monoisotopic (exact) mass is 352 g/mol. The smallest absolute Gasteiger partial charge is 0.319 e. The number of carbonyl (C=O) groups is 1. The number of nitrogens with one attached hydrogen (secondary N) is 3. The van der Waals surface area contributed by atoms with Crippen molar-refractivity contribution in [2.75, 3.05) is 10.6 Å². The van der Waals surface area contributed by atoms with Crippen LogP contribution in [0.2, 0.25) is 0 Å². The molecule has 25 heavy (non-hydrogen) atoms. The van der Waals surface area contributed by atoms with Crippen molar-refractivity contribution in [3.8, 4) is 0 Å². The van der Waals surface area contributed by atoms with Gasteiger partial charge in [-0.05, 0) is 55.0 Å². The maximum absolute atomic E-state index is 11.8. The molecule has 6 heteroatoms. The molecule has 2 aromatic heterocycles. The molecule has 1 aliphatic carbocycles. The summed E-state index contributed by atoms with van der Waals surface area (Å²) in [6.45, 7) is 2.13. The van der Waals surface area contributed by atoms with E-state index in [1.54, 1.807) is 11.3 Å². The fourth-order valence-electron chi connectivity index (χ4n) is 2.74. The number of anilines is 2. The van der Waals surface area contributed by atoms with Crippen LogP contribution in [0.3, 0.4) is 0 Å². The van der Waals surface area contributed by atoms with E-state index < -0.39 is 0 Å². The van der Waals surface area contributed by atoms with E-state index in [4.69, 9.17) is 0 Å². The van der Waals surface area contributed by atoms with Gasteiger partial charge in [-0.2, -0.15) is 0 Å². The molecule has 1 unspecified atom stereocenters. The van der Waals surface area contributed by atoms with Gasteiger partial charge in [-0.3, -0.25) is 4.98 Å². The van der Waals surface area contributed by atoms with Crippen LogP contribution in [0.25, 0.3) is 10.2 Å². The number of fused-ring (bicyclic) bond motifs is 1. The number of pyridine rings is 1. The number of nitrogens with zero attached hydrogens (tertiary/aromatic N) is 1. The zero-order valence-corrected chi connectivity index (χ0v) is 14.8. The summed E-state index contributed by atoms with van der Waals surface area (Å²) in [4.78, 5) is 16.2. The molecule has 4 rings (SSSR count). The normalized spacial score (nSPS) is 14.9. The highest BCUT2D eigenvalue weighted by molar-refractivity contribution is 7.17. The van der Waals surface area contributed by atoms with Gasteiger partial charge >= 0.3 is 6.03 Å². The van der Waals surface area contributed by atoms with Gasteiger partial charge in [0.15, 0.2) is 0 Å². The number of rotatable bonds is 5. The Labute approximate surface area is 150 Å². The lowest BCUT2D eigenvalue weighted by atomic mass is 10.1. The first-order valence-electron chi connectivity index (χ1n) is 8.45. The summed E-state index contributed by atoms with van der Waals surface area (Å²) in [5.74, 6) is 0. The molecular formula is C19H20N4OS. The van der Waals surface area contributed by atoms with Crippen LogP contribution >= 0.6 is 11.3 Å². The van der Waals surface area contributed by atoms with Crippen molar-refractivity contribution in [2.45, 2.75) is 31.8 Å². The average molecular weight is 352 g/mol. The van der Waals surface area contributed by atoms with Crippen molar-refractivity contribution in [1.82, 2.24) is 10.3 Å². The number of amides is 2. The highest BCUT2D eigenvalue weighted by Gasteiger charge is 2.23. The second-order valence-electron chi connectivity index (χ2n) is 6.35. The highest BCUT2D eigenvalue weighted by Crippen LogP contribution is 2.30. The SMILES string of the molecule is CC(Nc1ccnc2ccsc12)c1ccc(NC(=O)NC2CC2)cc1. The summed E-state index contributed by atoms with van der Waals surface area (Å²) in [5, 5.41) is 11.4. The Bertz CT molecular complexity index is 886. The van der Waals surface area contributed by atoms with Crippen molar-refractivity contribution < 1.29 is 4.79 Å². The van der Waals surface area contributed by atoms with Gasteiger partial charge in [0.05, 0.1) is 15.9 Å². The third-order valence-electron chi connectivity index (χ3n) is 4.30. The average Bonchev–Trinajstić information content (AvgIpc) is 3.28. The molecule has 1 fully saturated rings. The molecule has 1 atom stereocenters. The number of thiophene rings is 1. The van der Waals surface area contributed by atoms with E-state index in [9.17, 15) is 4.79 Å². The van der Waals surface area contributed by atoms with Crippen molar-refractivity contribution in [2.24, 2.45) is 0 Å². The Balaban J connectivity index is 1.42. The number of urea groups is 1. The first kappa shape index (κ1) is 15.9. The lowest BCUT2D eigenvalue weighted by Crippen LogP contribution is -2.30. The standard InChI is InChI=1S/C19H20N4OS/c1-12(21-17-8-10-20-16-9-11-25-18(16)17)13-2-4-14(5-3-13)22-19(24)23-15-6-7-15/h2-5,8-12,15H,6-7H2,1H3,(H,20,21)(H2,22,23,24). The summed E-state index contributed by atoms with van der Waals surface area (Å²) in [7, 11) is 0. The van der Waals surface area contributed by atoms with E-state index in [0.29, 0.717) is 6.04 Å². The maximum Gasteiger partial charge on any atom is 0.319 e. The summed E-state index contributed by atoms with van der Waals surface area (Å²) < 4.78 is 1.17. The van der Waals surface area contributed by atoms with Crippen LogP contribution in [-0.4, -0.2) is 17.1 Å². The van der Waals surface area contributed by atoms with Crippen molar-refractivity contribution in [1.29, 1.82) is 0 Å². The predicted molar refractivity (Wildman–Crippen MR) is 103 cm³/mol. The Morgan fingerprint density at radius 3 is 2.76 bits per heavy atom. The van der Waals surface area contributed by atoms with E-state index in [1.807, 2.05) is 42.6 Å². The molecule has 1 aromatic carbocycles. The summed E-state index contributed by atoms with van der Waals surface area (Å²) in [5.41, 5.74) is 4.08. The lowest BCUT2D eigenvalue weighted by molar-refractivity contribution is 0.251. The van der Waals surface area contributed by atoms with Crippen molar-refractivity contribution >= 4 is 39.0 Å². The first-order chi connectivity index (χ1) is 12.2. The molecular weight excluding hydrogens is 332 g/mol.